The van der Waals surface area contributed by atoms with E-state index < -0.39 is 0 Å². The monoisotopic (exact) mass is 328 g/mol. The van der Waals surface area contributed by atoms with E-state index in [2.05, 4.69) is 26.5 Å². The van der Waals surface area contributed by atoms with E-state index in [1.54, 1.807) is 44.9 Å². The van der Waals surface area contributed by atoms with Crippen LogP contribution in [0.5, 0.6) is 0 Å². The summed E-state index contributed by atoms with van der Waals surface area (Å²) in [4.78, 5) is 0. The van der Waals surface area contributed by atoms with Gasteiger partial charge in [0, 0.05) is 0 Å². The fourth-order valence-corrected chi connectivity index (χ4v) is 8.71. The first-order valence-electron chi connectivity index (χ1n) is 11.3. The predicted octanol–water partition coefficient (Wildman–Crippen LogP) is 7.39. The zero-order valence-electron chi connectivity index (χ0n) is 16.4. The van der Waals surface area contributed by atoms with Gasteiger partial charge in [-0.3, -0.25) is 0 Å². The van der Waals surface area contributed by atoms with Crippen molar-refractivity contribution in [2.24, 2.45) is 40.4 Å². The van der Waals surface area contributed by atoms with Crippen molar-refractivity contribution >= 4 is 0 Å². The summed E-state index contributed by atoms with van der Waals surface area (Å²) in [7, 11) is 0. The molecule has 0 amide bonds. The van der Waals surface area contributed by atoms with Crippen molar-refractivity contribution in [2.75, 3.05) is 0 Å². The van der Waals surface area contributed by atoms with E-state index >= 15 is 0 Å². The van der Waals surface area contributed by atoms with Crippen molar-refractivity contribution in [1.82, 2.24) is 0 Å². The van der Waals surface area contributed by atoms with E-state index in [1.165, 1.54) is 38.5 Å². The van der Waals surface area contributed by atoms with Crippen LogP contribution < -0.4 is 0 Å². The number of fused-ring (bicyclic) bond motifs is 5. The highest BCUT2D eigenvalue weighted by molar-refractivity contribution is 5.10. The molecular formula is C24H40. The van der Waals surface area contributed by atoms with E-state index in [0.29, 0.717) is 10.8 Å². The molecule has 4 saturated carbocycles. The molecule has 0 aromatic carbocycles. The summed E-state index contributed by atoms with van der Waals surface area (Å²) >= 11 is 0. The number of hydrogen-bond donors (Lipinski definition) is 0. The summed E-state index contributed by atoms with van der Waals surface area (Å²) in [6, 6.07) is 0. The van der Waals surface area contributed by atoms with Gasteiger partial charge in [0.15, 0.2) is 0 Å². The lowest BCUT2D eigenvalue weighted by molar-refractivity contribution is -0.117. The highest BCUT2D eigenvalue weighted by Gasteiger charge is 2.60. The van der Waals surface area contributed by atoms with Crippen LogP contribution in [0.3, 0.4) is 0 Å². The lowest BCUT2D eigenvalue weighted by Gasteiger charge is -2.61. The highest BCUT2D eigenvalue weighted by Crippen LogP contribution is 2.69. The lowest BCUT2D eigenvalue weighted by Crippen LogP contribution is -2.53. The lowest BCUT2D eigenvalue weighted by atomic mass is 9.44. The van der Waals surface area contributed by atoms with Gasteiger partial charge in [-0.15, -0.1) is 6.58 Å². The van der Waals surface area contributed by atoms with Crippen LogP contribution in [-0.2, 0) is 0 Å². The van der Waals surface area contributed by atoms with Crippen molar-refractivity contribution in [3.63, 3.8) is 0 Å². The number of hydrogen-bond acceptors (Lipinski definition) is 0. The van der Waals surface area contributed by atoms with E-state index in [4.69, 9.17) is 0 Å². The molecule has 0 aliphatic heterocycles. The Labute approximate surface area is 150 Å². The summed E-state index contributed by atoms with van der Waals surface area (Å²) in [5.74, 6) is 5.27. The zero-order chi connectivity index (χ0) is 16.8. The molecule has 0 heteroatoms. The second-order valence-electron chi connectivity index (χ2n) is 10.2. The Bertz CT molecular complexity index is 465. The molecule has 0 heterocycles. The third kappa shape index (κ3) is 2.38. The average Bonchev–Trinajstić information content (AvgIpc) is 2.98. The summed E-state index contributed by atoms with van der Waals surface area (Å²) in [6.45, 7) is 9.24. The van der Waals surface area contributed by atoms with Gasteiger partial charge in [0.05, 0.1) is 0 Å². The molecule has 0 nitrogen and oxygen atoms in total. The van der Waals surface area contributed by atoms with Gasteiger partial charge in [-0.25, -0.2) is 0 Å². The third-order valence-corrected chi connectivity index (χ3v) is 9.78. The van der Waals surface area contributed by atoms with E-state index in [9.17, 15) is 0 Å². The van der Waals surface area contributed by atoms with Crippen LogP contribution >= 0.6 is 0 Å². The summed E-state index contributed by atoms with van der Waals surface area (Å²) in [5, 5.41) is 0. The maximum absolute atomic E-state index is 4.05. The topological polar surface area (TPSA) is 0 Å². The molecular weight excluding hydrogens is 288 g/mol. The Morgan fingerprint density at radius 3 is 2.62 bits per heavy atom. The van der Waals surface area contributed by atoms with Crippen molar-refractivity contribution < 1.29 is 0 Å². The van der Waals surface area contributed by atoms with Gasteiger partial charge < -0.3 is 0 Å². The Kier molecular flexibility index (Phi) is 4.63. The van der Waals surface area contributed by atoms with E-state index in [0.717, 1.165) is 29.6 Å². The van der Waals surface area contributed by atoms with Crippen LogP contribution in [-0.4, -0.2) is 0 Å². The molecule has 136 valence electrons. The van der Waals surface area contributed by atoms with Crippen LogP contribution in [0, 0.1) is 40.4 Å². The van der Waals surface area contributed by atoms with Crippen molar-refractivity contribution in [2.45, 2.75) is 97.3 Å². The second-order valence-corrected chi connectivity index (χ2v) is 10.2. The van der Waals surface area contributed by atoms with Gasteiger partial charge in [0.25, 0.3) is 0 Å². The molecule has 4 rings (SSSR count). The van der Waals surface area contributed by atoms with Crippen molar-refractivity contribution in [3.05, 3.63) is 12.7 Å². The maximum atomic E-state index is 4.05. The minimum atomic E-state index is 0.696. The molecule has 4 aliphatic rings. The van der Waals surface area contributed by atoms with Gasteiger partial charge >= 0.3 is 0 Å². The van der Waals surface area contributed by atoms with Gasteiger partial charge in [-0.05, 0) is 105 Å². The Hall–Kier alpha value is -0.260. The average molecular weight is 329 g/mol. The Morgan fingerprint density at radius 1 is 0.958 bits per heavy atom. The molecule has 0 aromatic rings. The van der Waals surface area contributed by atoms with Crippen LogP contribution in [0.4, 0.5) is 0 Å². The Morgan fingerprint density at radius 2 is 1.83 bits per heavy atom. The molecule has 0 bridgehead atoms. The van der Waals surface area contributed by atoms with Crippen molar-refractivity contribution in [1.29, 1.82) is 0 Å². The molecule has 4 fully saturated rings. The fourth-order valence-electron chi connectivity index (χ4n) is 8.71. The standard InChI is InChI=1S/C24H40/c1-4-6-16-24-17-14-21-20(22(24)13-11-18(24)5-2)12-10-19-9-7-8-15-23(19,21)3/h4,18-22H,1,5-17H2,2-3H3/t18-,19?,20+,21+,22-,23+,24+/m0/s1. The van der Waals surface area contributed by atoms with Crippen LogP contribution in [0.1, 0.15) is 97.3 Å². The summed E-state index contributed by atoms with van der Waals surface area (Å²) in [5.41, 5.74) is 1.40. The molecule has 1 unspecified atom stereocenters. The molecule has 7 atom stereocenters. The van der Waals surface area contributed by atoms with E-state index in [-0.39, 0.29) is 0 Å². The molecule has 0 aromatic heterocycles. The number of rotatable bonds is 4. The van der Waals surface area contributed by atoms with Gasteiger partial charge in [-0.2, -0.15) is 0 Å². The first-order chi connectivity index (χ1) is 11.7. The van der Waals surface area contributed by atoms with Crippen LogP contribution in [0.2, 0.25) is 0 Å². The molecule has 0 spiro atoms. The molecule has 0 radical (unpaired) electrons. The van der Waals surface area contributed by atoms with Gasteiger partial charge in [0.1, 0.15) is 0 Å². The zero-order valence-corrected chi connectivity index (χ0v) is 16.4. The van der Waals surface area contributed by atoms with Crippen LogP contribution in [0.15, 0.2) is 12.7 Å². The molecule has 0 N–H and O–H groups in total. The minimum absolute atomic E-state index is 0.696. The first-order valence-corrected chi connectivity index (χ1v) is 11.3. The normalized spacial score (nSPS) is 50.7. The molecule has 0 saturated heterocycles. The fraction of sp³-hybridized carbons (Fsp3) is 0.917. The summed E-state index contributed by atoms with van der Waals surface area (Å²) in [6.07, 6.45) is 21.8. The van der Waals surface area contributed by atoms with Gasteiger partial charge in [0.2, 0.25) is 0 Å². The van der Waals surface area contributed by atoms with Crippen LogP contribution in [0.25, 0.3) is 0 Å². The highest BCUT2D eigenvalue weighted by atomic mass is 14.6. The minimum Gasteiger partial charge on any atom is -0.103 e. The summed E-state index contributed by atoms with van der Waals surface area (Å²) < 4.78 is 0. The first kappa shape index (κ1) is 17.2. The second kappa shape index (κ2) is 6.48. The molecule has 4 aliphatic carbocycles. The smallest absolute Gasteiger partial charge is 0.0235 e. The number of allylic oxidation sites excluding steroid dienone is 1. The maximum Gasteiger partial charge on any atom is -0.0235 e. The molecule has 24 heavy (non-hydrogen) atoms. The van der Waals surface area contributed by atoms with E-state index in [1.807, 2.05) is 0 Å². The largest absolute Gasteiger partial charge is 0.103 e. The SMILES string of the molecule is C=CCC[C@]12CC[C@@H]3[C@@H](CCC4CCCC[C@]43C)[C@@H]1CC[C@@H]2CC. The predicted molar refractivity (Wildman–Crippen MR) is 104 cm³/mol. The quantitative estimate of drug-likeness (QED) is 0.472. The van der Waals surface area contributed by atoms with Gasteiger partial charge in [-0.1, -0.05) is 39.2 Å². The Balaban J connectivity index is 1.62. The third-order valence-electron chi connectivity index (χ3n) is 9.78. The van der Waals surface area contributed by atoms with Crippen molar-refractivity contribution in [3.8, 4) is 0 Å².